The van der Waals surface area contributed by atoms with Crippen LogP contribution in [-0.2, 0) is 25.5 Å². The van der Waals surface area contributed by atoms with Gasteiger partial charge in [0.1, 0.15) is 12.4 Å². The van der Waals surface area contributed by atoms with Gasteiger partial charge in [0, 0.05) is 36.0 Å². The van der Waals surface area contributed by atoms with Crippen molar-refractivity contribution < 1.29 is 28.6 Å². The van der Waals surface area contributed by atoms with Crippen molar-refractivity contribution in [2.45, 2.75) is 26.2 Å². The van der Waals surface area contributed by atoms with Gasteiger partial charge in [-0.3, -0.25) is 19.7 Å². The van der Waals surface area contributed by atoms with Crippen molar-refractivity contribution in [3.63, 3.8) is 0 Å². The molecule has 1 aliphatic heterocycles. The number of ketones is 1. The fourth-order valence-electron chi connectivity index (χ4n) is 3.65. The summed E-state index contributed by atoms with van der Waals surface area (Å²) >= 11 is 0. The molecule has 1 saturated heterocycles. The zero-order valence-electron chi connectivity index (χ0n) is 15.5. The summed E-state index contributed by atoms with van der Waals surface area (Å²) in [6.07, 6.45) is 1.15. The summed E-state index contributed by atoms with van der Waals surface area (Å²) in [5, 5.41) is 2.34. The SMILES string of the molecule is CCOCCOCCOc1cccc2c1CC(C1CCC(=O)NC1=O)C2=O. The van der Waals surface area contributed by atoms with E-state index < -0.39 is 11.8 Å². The Hall–Kier alpha value is -2.25. The molecule has 7 nitrogen and oxygen atoms in total. The summed E-state index contributed by atoms with van der Waals surface area (Å²) in [6, 6.07) is 5.39. The molecule has 1 aliphatic carbocycles. The number of carbonyl (C=O) groups excluding carboxylic acids is 3. The van der Waals surface area contributed by atoms with Gasteiger partial charge >= 0.3 is 0 Å². The molecule has 2 unspecified atom stereocenters. The Balaban J connectivity index is 1.59. The second kappa shape index (κ2) is 9.10. The molecule has 0 saturated carbocycles. The van der Waals surface area contributed by atoms with Crippen molar-refractivity contribution in [1.29, 1.82) is 0 Å². The second-order valence-electron chi connectivity index (χ2n) is 6.67. The van der Waals surface area contributed by atoms with Gasteiger partial charge in [-0.05, 0) is 25.8 Å². The lowest BCUT2D eigenvalue weighted by Gasteiger charge is -2.24. The summed E-state index contributed by atoms with van der Waals surface area (Å²) in [5.41, 5.74) is 1.45. The first kappa shape index (κ1) is 19.5. The molecule has 3 rings (SSSR count). The van der Waals surface area contributed by atoms with E-state index in [1.165, 1.54) is 0 Å². The first-order valence-corrected chi connectivity index (χ1v) is 9.40. The Morgan fingerprint density at radius 2 is 1.81 bits per heavy atom. The van der Waals surface area contributed by atoms with E-state index in [-0.39, 0.29) is 24.0 Å². The number of fused-ring (bicyclic) bond motifs is 1. The highest BCUT2D eigenvalue weighted by molar-refractivity contribution is 6.07. The lowest BCUT2D eigenvalue weighted by molar-refractivity contribution is -0.137. The third-order valence-corrected chi connectivity index (χ3v) is 4.99. The molecule has 1 fully saturated rings. The number of hydrogen-bond acceptors (Lipinski definition) is 6. The summed E-state index contributed by atoms with van der Waals surface area (Å²) in [7, 11) is 0. The van der Waals surface area contributed by atoms with E-state index in [0.29, 0.717) is 57.2 Å². The first-order valence-electron chi connectivity index (χ1n) is 9.40. The largest absolute Gasteiger partial charge is 0.491 e. The third kappa shape index (κ3) is 4.54. The van der Waals surface area contributed by atoms with Gasteiger partial charge < -0.3 is 14.2 Å². The molecule has 27 heavy (non-hydrogen) atoms. The summed E-state index contributed by atoms with van der Waals surface area (Å²) < 4.78 is 16.4. The van der Waals surface area contributed by atoms with Crippen molar-refractivity contribution in [1.82, 2.24) is 5.32 Å². The molecule has 0 radical (unpaired) electrons. The van der Waals surface area contributed by atoms with Crippen molar-refractivity contribution in [3.8, 4) is 5.75 Å². The highest BCUT2D eigenvalue weighted by Gasteiger charge is 2.42. The van der Waals surface area contributed by atoms with E-state index in [0.717, 1.165) is 5.56 Å². The number of rotatable bonds is 9. The molecule has 2 aliphatic rings. The Kier molecular flexibility index (Phi) is 6.58. The van der Waals surface area contributed by atoms with Crippen LogP contribution in [0.25, 0.3) is 0 Å². The molecule has 0 bridgehead atoms. The molecule has 1 aromatic carbocycles. The van der Waals surface area contributed by atoms with Gasteiger partial charge in [-0.2, -0.15) is 0 Å². The Labute approximate surface area is 158 Å². The maximum atomic E-state index is 12.8. The molecule has 2 amide bonds. The zero-order valence-corrected chi connectivity index (χ0v) is 15.5. The van der Waals surface area contributed by atoms with Gasteiger partial charge in [-0.15, -0.1) is 0 Å². The van der Waals surface area contributed by atoms with Gasteiger partial charge in [0.15, 0.2) is 5.78 Å². The maximum Gasteiger partial charge on any atom is 0.230 e. The van der Waals surface area contributed by atoms with Crippen LogP contribution in [0.5, 0.6) is 5.75 Å². The smallest absolute Gasteiger partial charge is 0.230 e. The lowest BCUT2D eigenvalue weighted by atomic mass is 9.83. The van der Waals surface area contributed by atoms with E-state index in [1.807, 2.05) is 13.0 Å². The standard InChI is InChI=1S/C20H25NO6/c1-2-25-8-9-26-10-11-27-17-5-3-4-13-15(17)12-16(19(13)23)14-6-7-18(22)21-20(14)24/h3-5,14,16H,2,6-12H2,1H3,(H,21,22,24). The van der Waals surface area contributed by atoms with Crippen LogP contribution in [0.15, 0.2) is 18.2 Å². The third-order valence-electron chi connectivity index (χ3n) is 4.99. The Morgan fingerprint density at radius 1 is 1.04 bits per heavy atom. The van der Waals surface area contributed by atoms with Crippen LogP contribution in [-0.4, -0.2) is 50.6 Å². The Morgan fingerprint density at radius 3 is 2.59 bits per heavy atom. The van der Waals surface area contributed by atoms with E-state index in [1.54, 1.807) is 12.1 Å². The highest BCUT2D eigenvalue weighted by Crippen LogP contribution is 2.39. The predicted octanol–water partition coefficient (Wildman–Crippen LogP) is 1.53. The van der Waals surface area contributed by atoms with Crippen LogP contribution in [0.1, 0.15) is 35.7 Å². The van der Waals surface area contributed by atoms with Gasteiger partial charge in [0.05, 0.1) is 19.8 Å². The van der Waals surface area contributed by atoms with E-state index in [9.17, 15) is 14.4 Å². The molecule has 2 atom stereocenters. The number of ether oxygens (including phenoxy) is 3. The summed E-state index contributed by atoms with van der Waals surface area (Å²) in [6.45, 7) is 4.47. The van der Waals surface area contributed by atoms with Crippen LogP contribution in [0.3, 0.4) is 0 Å². The molecule has 1 aromatic rings. The average molecular weight is 375 g/mol. The molecule has 7 heteroatoms. The van der Waals surface area contributed by atoms with Gasteiger partial charge in [0.25, 0.3) is 0 Å². The molecule has 1 heterocycles. The minimum absolute atomic E-state index is 0.0436. The van der Waals surface area contributed by atoms with Crippen molar-refractivity contribution >= 4 is 17.6 Å². The number of nitrogens with one attached hydrogen (secondary N) is 1. The van der Waals surface area contributed by atoms with Gasteiger partial charge in [-0.25, -0.2) is 0 Å². The number of piperidine rings is 1. The Bertz CT molecular complexity index is 716. The number of Topliss-reactive ketones (excluding diaryl/α,β-unsaturated/α-hetero) is 1. The van der Waals surface area contributed by atoms with Crippen molar-refractivity contribution in [2.75, 3.05) is 33.0 Å². The predicted molar refractivity (Wildman–Crippen MR) is 96.6 cm³/mol. The second-order valence-corrected chi connectivity index (χ2v) is 6.67. The molecule has 146 valence electrons. The number of imide groups is 1. The van der Waals surface area contributed by atoms with Crippen molar-refractivity contribution in [3.05, 3.63) is 29.3 Å². The monoisotopic (exact) mass is 375 g/mol. The van der Waals surface area contributed by atoms with E-state index in [4.69, 9.17) is 14.2 Å². The maximum absolute atomic E-state index is 12.8. The minimum atomic E-state index is -0.461. The first-order chi connectivity index (χ1) is 13.1. The normalized spacial score (nSPS) is 21.9. The van der Waals surface area contributed by atoms with Crippen LogP contribution in [0, 0.1) is 11.8 Å². The highest BCUT2D eigenvalue weighted by atomic mass is 16.5. The van der Waals surface area contributed by atoms with Crippen LogP contribution in [0.2, 0.25) is 0 Å². The van der Waals surface area contributed by atoms with Gasteiger partial charge in [0.2, 0.25) is 11.8 Å². The minimum Gasteiger partial charge on any atom is -0.491 e. The quantitative estimate of drug-likeness (QED) is 0.520. The molecular formula is C20H25NO6. The lowest BCUT2D eigenvalue weighted by Crippen LogP contribution is -2.44. The van der Waals surface area contributed by atoms with Crippen molar-refractivity contribution in [2.24, 2.45) is 11.8 Å². The fraction of sp³-hybridized carbons (Fsp3) is 0.550. The zero-order chi connectivity index (χ0) is 19.2. The van der Waals surface area contributed by atoms with E-state index in [2.05, 4.69) is 5.32 Å². The number of hydrogen-bond donors (Lipinski definition) is 1. The fourth-order valence-corrected chi connectivity index (χ4v) is 3.65. The van der Waals surface area contributed by atoms with E-state index >= 15 is 0 Å². The average Bonchev–Trinajstić information content (AvgIpc) is 2.98. The van der Waals surface area contributed by atoms with Crippen LogP contribution in [0.4, 0.5) is 0 Å². The molecule has 0 spiro atoms. The summed E-state index contributed by atoms with van der Waals surface area (Å²) in [4.78, 5) is 36.3. The number of carbonyl (C=O) groups is 3. The van der Waals surface area contributed by atoms with Crippen LogP contribution < -0.4 is 10.1 Å². The molecule has 1 N–H and O–H groups in total. The topological polar surface area (TPSA) is 90.9 Å². The molecule has 0 aromatic heterocycles. The van der Waals surface area contributed by atoms with Crippen LogP contribution >= 0.6 is 0 Å². The number of benzene rings is 1. The van der Waals surface area contributed by atoms with Gasteiger partial charge in [-0.1, -0.05) is 12.1 Å². The summed E-state index contributed by atoms with van der Waals surface area (Å²) in [5.74, 6) is -0.894. The molecular weight excluding hydrogens is 350 g/mol. The number of amides is 2.